The number of methoxy groups -OCH3 is 1. The van der Waals surface area contributed by atoms with E-state index < -0.39 is 26.4 Å². The second-order valence-electron chi connectivity index (χ2n) is 9.60. The lowest BCUT2D eigenvalue weighted by atomic mass is 9.97. The lowest BCUT2D eigenvalue weighted by Crippen LogP contribution is -2.54. The number of hydrogen-bond donors (Lipinski definition) is 0. The van der Waals surface area contributed by atoms with E-state index in [9.17, 15) is 9.59 Å². The van der Waals surface area contributed by atoms with Crippen LogP contribution in [0.2, 0.25) is 18.1 Å². The molecule has 0 unspecified atom stereocenters. The minimum absolute atomic E-state index is 0.0150. The Morgan fingerprint density at radius 3 is 2.45 bits per heavy atom. The summed E-state index contributed by atoms with van der Waals surface area (Å²) in [6.45, 7) is 11.0. The topological polar surface area (TPSA) is 65.1 Å². The third kappa shape index (κ3) is 4.93. The molecule has 7 heteroatoms. The van der Waals surface area contributed by atoms with Crippen molar-refractivity contribution < 1.29 is 23.5 Å². The molecule has 1 fully saturated rings. The van der Waals surface area contributed by atoms with Gasteiger partial charge in [-0.3, -0.25) is 4.90 Å². The van der Waals surface area contributed by atoms with Gasteiger partial charge in [-0.1, -0.05) is 69.3 Å². The molecule has 1 aliphatic heterocycles. The zero-order valence-corrected chi connectivity index (χ0v) is 20.3. The van der Waals surface area contributed by atoms with Crippen LogP contribution in [0.3, 0.4) is 0 Å². The van der Waals surface area contributed by atoms with E-state index in [1.165, 1.54) is 12.0 Å². The van der Waals surface area contributed by atoms with Crippen molar-refractivity contribution in [2.24, 2.45) is 0 Å². The van der Waals surface area contributed by atoms with Gasteiger partial charge >= 0.3 is 12.1 Å². The average molecular weight is 444 g/mol. The van der Waals surface area contributed by atoms with Crippen LogP contribution in [-0.2, 0) is 25.3 Å². The van der Waals surface area contributed by atoms with E-state index in [-0.39, 0.29) is 23.8 Å². The normalized spacial score (nSPS) is 23.2. The summed E-state index contributed by atoms with van der Waals surface area (Å²) in [4.78, 5) is 27.3. The Kier molecular flexibility index (Phi) is 6.76. The van der Waals surface area contributed by atoms with Crippen molar-refractivity contribution in [2.45, 2.75) is 70.1 Å². The van der Waals surface area contributed by atoms with Crippen molar-refractivity contribution in [2.75, 3.05) is 7.11 Å². The number of nitrogens with zero attached hydrogens (tertiary/aromatic N) is 1. The molecular formula is C24H33NO5Si. The quantitative estimate of drug-likeness (QED) is 0.482. The summed E-state index contributed by atoms with van der Waals surface area (Å²) < 4.78 is 17.3. The molecule has 1 heterocycles. The van der Waals surface area contributed by atoms with E-state index in [2.05, 4.69) is 33.9 Å². The maximum Gasteiger partial charge on any atom is 0.411 e. The molecule has 0 spiro atoms. The molecule has 0 bridgehead atoms. The van der Waals surface area contributed by atoms with Crippen molar-refractivity contribution in [3.63, 3.8) is 0 Å². The molecule has 0 aromatic heterocycles. The van der Waals surface area contributed by atoms with Crippen LogP contribution < -0.4 is 0 Å². The first kappa shape index (κ1) is 23.3. The van der Waals surface area contributed by atoms with Crippen LogP contribution in [0, 0.1) is 0 Å². The van der Waals surface area contributed by atoms with Gasteiger partial charge in [0.05, 0.1) is 19.3 Å². The Labute approximate surface area is 186 Å². The lowest BCUT2D eigenvalue weighted by molar-refractivity contribution is -0.146. The number of likely N-dealkylation sites (tertiary alicyclic amines) is 1. The molecule has 31 heavy (non-hydrogen) atoms. The van der Waals surface area contributed by atoms with E-state index in [0.717, 1.165) is 11.1 Å². The average Bonchev–Trinajstić information content (AvgIpc) is 3.12. The molecule has 1 aromatic rings. The van der Waals surface area contributed by atoms with Gasteiger partial charge in [0.25, 0.3) is 0 Å². The van der Waals surface area contributed by atoms with Crippen LogP contribution in [0.4, 0.5) is 4.79 Å². The maximum absolute atomic E-state index is 13.2. The minimum Gasteiger partial charge on any atom is -0.467 e. The molecule has 1 amide bonds. The lowest BCUT2D eigenvalue weighted by Gasteiger charge is -2.42. The molecule has 1 aliphatic carbocycles. The van der Waals surface area contributed by atoms with Gasteiger partial charge in [0.2, 0.25) is 0 Å². The van der Waals surface area contributed by atoms with Gasteiger partial charge in [-0.05, 0) is 29.3 Å². The summed E-state index contributed by atoms with van der Waals surface area (Å²) in [5.74, 6) is -0.446. The van der Waals surface area contributed by atoms with Crippen molar-refractivity contribution in [3.8, 4) is 0 Å². The molecular weight excluding hydrogens is 410 g/mol. The van der Waals surface area contributed by atoms with Crippen LogP contribution in [0.15, 0.2) is 54.1 Å². The van der Waals surface area contributed by atoms with Crippen LogP contribution in [0.5, 0.6) is 0 Å². The number of carbonyl (C=O) groups is 2. The van der Waals surface area contributed by atoms with E-state index >= 15 is 0 Å². The third-order valence-electron chi connectivity index (χ3n) is 6.49. The second-order valence-corrected chi connectivity index (χ2v) is 14.4. The van der Waals surface area contributed by atoms with Crippen molar-refractivity contribution in [1.29, 1.82) is 0 Å². The van der Waals surface area contributed by atoms with E-state index in [1.54, 1.807) is 0 Å². The number of esters is 1. The van der Waals surface area contributed by atoms with Crippen LogP contribution in [0.25, 0.3) is 0 Å². The molecule has 0 radical (unpaired) electrons. The van der Waals surface area contributed by atoms with Gasteiger partial charge in [0, 0.05) is 6.42 Å². The standard InChI is InChI=1S/C24H33NO5Si/c1-24(2,3)31(5,6)30-20-14-10-13-18-15-19(22(26)28-4)25(21(18)20)23(27)29-16-17-11-8-7-9-12-17/h7-14,19-21H,15-16H2,1-6H3/t19-,20-,21-/m0/s1. The summed E-state index contributed by atoms with van der Waals surface area (Å²) >= 11 is 0. The summed E-state index contributed by atoms with van der Waals surface area (Å²) in [7, 11) is -0.777. The number of ether oxygens (including phenoxy) is 2. The fourth-order valence-electron chi connectivity index (χ4n) is 3.73. The van der Waals surface area contributed by atoms with Gasteiger partial charge in [-0.15, -0.1) is 0 Å². The van der Waals surface area contributed by atoms with Gasteiger partial charge in [-0.2, -0.15) is 0 Å². The van der Waals surface area contributed by atoms with Crippen LogP contribution >= 0.6 is 0 Å². The highest BCUT2D eigenvalue weighted by atomic mass is 28.4. The van der Waals surface area contributed by atoms with E-state index in [0.29, 0.717) is 6.42 Å². The monoisotopic (exact) mass is 443 g/mol. The first-order valence-electron chi connectivity index (χ1n) is 10.7. The second kappa shape index (κ2) is 9.00. The molecule has 3 atom stereocenters. The van der Waals surface area contributed by atoms with Gasteiger partial charge in [0.1, 0.15) is 12.6 Å². The van der Waals surface area contributed by atoms with Crippen molar-refractivity contribution in [3.05, 3.63) is 59.7 Å². The van der Waals surface area contributed by atoms with E-state index in [4.69, 9.17) is 13.9 Å². The third-order valence-corrected chi connectivity index (χ3v) is 11.0. The Hall–Kier alpha value is -2.38. The summed E-state index contributed by atoms with van der Waals surface area (Å²) in [6.07, 6.45) is 5.45. The number of allylic oxidation sites excluding steroid dienone is 2. The largest absolute Gasteiger partial charge is 0.467 e. The Bertz CT molecular complexity index is 872. The molecule has 3 rings (SSSR count). The zero-order chi connectivity index (χ0) is 22.8. The molecule has 6 nitrogen and oxygen atoms in total. The minimum atomic E-state index is -2.12. The maximum atomic E-state index is 13.2. The number of amides is 1. The van der Waals surface area contributed by atoms with Gasteiger partial charge < -0.3 is 13.9 Å². The fraction of sp³-hybridized carbons (Fsp3) is 0.500. The number of fused-ring (bicyclic) bond motifs is 1. The predicted octanol–water partition coefficient (Wildman–Crippen LogP) is 4.83. The van der Waals surface area contributed by atoms with Crippen molar-refractivity contribution in [1.82, 2.24) is 4.90 Å². The van der Waals surface area contributed by atoms with Crippen LogP contribution in [-0.4, -0.2) is 50.6 Å². The highest BCUT2D eigenvalue weighted by Crippen LogP contribution is 2.42. The smallest absolute Gasteiger partial charge is 0.411 e. The molecule has 1 aromatic carbocycles. The number of hydrogen-bond acceptors (Lipinski definition) is 5. The highest BCUT2D eigenvalue weighted by molar-refractivity contribution is 6.74. The Morgan fingerprint density at radius 2 is 1.84 bits per heavy atom. The summed E-state index contributed by atoms with van der Waals surface area (Å²) in [5.41, 5.74) is 1.87. The Morgan fingerprint density at radius 1 is 1.16 bits per heavy atom. The number of benzene rings is 1. The molecule has 0 N–H and O–H groups in total. The molecule has 1 saturated heterocycles. The highest BCUT2D eigenvalue weighted by Gasteiger charge is 2.51. The predicted molar refractivity (Wildman–Crippen MR) is 122 cm³/mol. The Balaban J connectivity index is 1.87. The number of rotatable bonds is 5. The van der Waals surface area contributed by atoms with Crippen LogP contribution in [0.1, 0.15) is 32.8 Å². The number of carbonyl (C=O) groups excluding carboxylic acids is 2. The first-order chi connectivity index (χ1) is 14.5. The summed E-state index contributed by atoms with van der Waals surface area (Å²) in [6, 6.07) is 8.38. The SMILES string of the molecule is COC(=O)[C@@H]1CC2=CC=C[C@H](O[Si](C)(C)C(C)(C)C)[C@H]2N1C(=O)OCc1ccccc1. The van der Waals surface area contributed by atoms with E-state index in [1.807, 2.05) is 48.6 Å². The zero-order valence-electron chi connectivity index (χ0n) is 19.3. The van der Waals surface area contributed by atoms with Crippen molar-refractivity contribution >= 4 is 20.4 Å². The molecule has 2 aliphatic rings. The molecule has 168 valence electrons. The summed E-state index contributed by atoms with van der Waals surface area (Å²) in [5, 5.41) is 0.0150. The molecule has 0 saturated carbocycles. The van der Waals surface area contributed by atoms with Gasteiger partial charge in [-0.25, -0.2) is 9.59 Å². The fourth-order valence-corrected chi connectivity index (χ4v) is 4.97. The first-order valence-corrected chi connectivity index (χ1v) is 13.6. The van der Waals surface area contributed by atoms with Gasteiger partial charge in [0.15, 0.2) is 8.32 Å².